The summed E-state index contributed by atoms with van der Waals surface area (Å²) in [6, 6.07) is 12.4. The summed E-state index contributed by atoms with van der Waals surface area (Å²) in [6.45, 7) is 0. The minimum absolute atomic E-state index is 0.326. The van der Waals surface area contributed by atoms with E-state index in [1.165, 1.54) is 29.7 Å². The number of fused-ring (bicyclic) bond motifs is 1. The molecule has 1 atom stereocenters. The molecule has 3 N–H and O–H groups in total. The lowest BCUT2D eigenvalue weighted by molar-refractivity contribution is -0.121. The predicted octanol–water partition coefficient (Wildman–Crippen LogP) is 5.43. The summed E-state index contributed by atoms with van der Waals surface area (Å²) in [5.74, 6) is 4.01. The molecule has 190 valence electrons. The molecular weight excluding hydrogens is 462 g/mol. The second kappa shape index (κ2) is 10.3. The molecule has 0 amide bonds. The fourth-order valence-corrected chi connectivity index (χ4v) is 5.98. The molecule has 1 aromatic carbocycles. The fourth-order valence-electron chi connectivity index (χ4n) is 5.98. The number of carbonyl (C=O) groups is 1. The van der Waals surface area contributed by atoms with Crippen molar-refractivity contribution >= 4 is 23.4 Å². The van der Waals surface area contributed by atoms with Crippen LogP contribution in [0.15, 0.2) is 36.5 Å². The first-order chi connectivity index (χ1) is 18.1. The molecule has 1 unspecified atom stereocenters. The Hall–Kier alpha value is -3.73. The Balaban J connectivity index is 0.943. The number of benzene rings is 1. The normalized spacial score (nSPS) is 22.7. The maximum absolute atomic E-state index is 12.8. The minimum atomic E-state index is 0.326. The number of carbonyl (C=O) groups excluding carboxylic acids is 1. The summed E-state index contributed by atoms with van der Waals surface area (Å²) in [6.07, 6.45) is 11.6. The first-order valence-corrected chi connectivity index (χ1v) is 13.6. The van der Waals surface area contributed by atoms with Crippen molar-refractivity contribution in [2.45, 2.75) is 76.2 Å². The van der Waals surface area contributed by atoms with E-state index in [9.17, 15) is 4.79 Å². The lowest BCUT2D eigenvalue weighted by Gasteiger charge is -2.29. The Kier molecular flexibility index (Phi) is 6.60. The zero-order valence-electron chi connectivity index (χ0n) is 21.0. The molecule has 0 saturated heterocycles. The van der Waals surface area contributed by atoms with Crippen LogP contribution in [-0.2, 0) is 17.6 Å². The fraction of sp³-hybridized carbons (Fsp3) is 0.483. The maximum atomic E-state index is 12.8. The first kappa shape index (κ1) is 23.7. The Morgan fingerprint density at radius 1 is 0.973 bits per heavy atom. The molecule has 8 nitrogen and oxygen atoms in total. The van der Waals surface area contributed by atoms with Gasteiger partial charge in [-0.3, -0.25) is 9.89 Å². The quantitative estimate of drug-likeness (QED) is 0.362. The molecule has 0 aliphatic heterocycles. The summed E-state index contributed by atoms with van der Waals surface area (Å²) in [5.41, 5.74) is 4.45. The molecule has 2 heterocycles. The third-order valence-electron chi connectivity index (χ3n) is 8.09. The van der Waals surface area contributed by atoms with Gasteiger partial charge in [-0.2, -0.15) is 15.3 Å². The topological polar surface area (TPSA) is 119 Å². The number of aromatic amines is 1. The smallest absolute Gasteiger partial charge is 0.224 e. The number of rotatable bonds is 9. The van der Waals surface area contributed by atoms with Crippen molar-refractivity contribution in [2.75, 3.05) is 10.6 Å². The van der Waals surface area contributed by atoms with E-state index < -0.39 is 0 Å². The van der Waals surface area contributed by atoms with Gasteiger partial charge in [0.05, 0.1) is 11.6 Å². The number of hydrogen-bond acceptors (Lipinski definition) is 7. The van der Waals surface area contributed by atoms with Gasteiger partial charge < -0.3 is 10.6 Å². The van der Waals surface area contributed by atoms with Gasteiger partial charge in [-0.15, -0.1) is 0 Å². The monoisotopic (exact) mass is 495 g/mol. The summed E-state index contributed by atoms with van der Waals surface area (Å²) in [7, 11) is 0. The average Bonchev–Trinajstić information content (AvgIpc) is 3.52. The van der Waals surface area contributed by atoms with E-state index >= 15 is 0 Å². The zero-order chi connectivity index (χ0) is 25.2. The lowest BCUT2D eigenvalue weighted by atomic mass is 9.82. The van der Waals surface area contributed by atoms with Gasteiger partial charge in [0.25, 0.3) is 0 Å². The highest BCUT2D eigenvalue weighted by Crippen LogP contribution is 2.39. The molecule has 3 aromatic rings. The standard InChI is InChI=1S/C29H33N7O/c30-17-19-1-4-22-12-20(13-23(22)11-19)15-25(37)14-18-2-7-24(8-3-18)32-29-31-10-9-27(34-29)33-28-16-26(35-36-28)21-5-6-21/h1,4,9-11,16,18,20-21,24H,2-3,5-8,12-15H2,(H3,31,32,33,34,35,36). The second-order valence-corrected chi connectivity index (χ2v) is 11.1. The van der Waals surface area contributed by atoms with E-state index in [1.54, 1.807) is 6.20 Å². The van der Waals surface area contributed by atoms with Crippen LogP contribution in [0.1, 0.15) is 79.7 Å². The summed E-state index contributed by atoms with van der Waals surface area (Å²) >= 11 is 0. The van der Waals surface area contributed by atoms with Crippen molar-refractivity contribution < 1.29 is 4.79 Å². The third kappa shape index (κ3) is 5.82. The van der Waals surface area contributed by atoms with E-state index in [2.05, 4.69) is 49.0 Å². The van der Waals surface area contributed by atoms with Gasteiger partial charge >= 0.3 is 0 Å². The number of H-pyrrole nitrogens is 1. The van der Waals surface area contributed by atoms with E-state index in [0.29, 0.717) is 53.9 Å². The van der Waals surface area contributed by atoms with E-state index in [4.69, 9.17) is 5.26 Å². The molecule has 0 bridgehead atoms. The van der Waals surface area contributed by atoms with Crippen LogP contribution in [0.5, 0.6) is 0 Å². The number of nitrogens with zero attached hydrogens (tertiary/aromatic N) is 4. The zero-order valence-corrected chi connectivity index (χ0v) is 21.0. The number of hydrogen-bond donors (Lipinski definition) is 3. The summed E-state index contributed by atoms with van der Waals surface area (Å²) < 4.78 is 0. The van der Waals surface area contributed by atoms with Crippen molar-refractivity contribution in [2.24, 2.45) is 11.8 Å². The van der Waals surface area contributed by atoms with Crippen LogP contribution in [-0.4, -0.2) is 32.0 Å². The van der Waals surface area contributed by atoms with Gasteiger partial charge in [-0.05, 0) is 92.5 Å². The molecule has 6 rings (SSSR count). The minimum Gasteiger partial charge on any atom is -0.351 e. The highest BCUT2D eigenvalue weighted by atomic mass is 16.1. The largest absolute Gasteiger partial charge is 0.351 e. The van der Waals surface area contributed by atoms with Crippen molar-refractivity contribution in [3.05, 3.63) is 58.9 Å². The van der Waals surface area contributed by atoms with Gasteiger partial charge in [0.1, 0.15) is 11.6 Å². The average molecular weight is 496 g/mol. The highest BCUT2D eigenvalue weighted by Gasteiger charge is 2.28. The Morgan fingerprint density at radius 2 is 1.78 bits per heavy atom. The molecule has 2 fully saturated rings. The Morgan fingerprint density at radius 3 is 2.59 bits per heavy atom. The van der Waals surface area contributed by atoms with Gasteiger partial charge in [0.15, 0.2) is 5.82 Å². The van der Waals surface area contributed by atoms with Crippen molar-refractivity contribution in [1.82, 2.24) is 20.2 Å². The number of Topliss-reactive ketones (excluding diaryl/α,β-unsaturated/α-hetero) is 1. The van der Waals surface area contributed by atoms with E-state index in [0.717, 1.165) is 50.2 Å². The van der Waals surface area contributed by atoms with Crippen molar-refractivity contribution in [3.63, 3.8) is 0 Å². The molecule has 0 radical (unpaired) electrons. The number of nitriles is 1. The van der Waals surface area contributed by atoms with E-state index in [1.807, 2.05) is 18.2 Å². The molecule has 37 heavy (non-hydrogen) atoms. The predicted molar refractivity (Wildman–Crippen MR) is 142 cm³/mol. The van der Waals surface area contributed by atoms with E-state index in [-0.39, 0.29) is 0 Å². The molecular formula is C29H33N7O. The van der Waals surface area contributed by atoms with Gasteiger partial charge in [0.2, 0.25) is 5.95 Å². The third-order valence-corrected chi connectivity index (χ3v) is 8.09. The van der Waals surface area contributed by atoms with Crippen molar-refractivity contribution in [1.29, 1.82) is 5.26 Å². The molecule has 2 saturated carbocycles. The van der Waals surface area contributed by atoms with Crippen LogP contribution in [0.4, 0.5) is 17.6 Å². The van der Waals surface area contributed by atoms with Crippen molar-refractivity contribution in [3.8, 4) is 6.07 Å². The molecule has 2 aromatic heterocycles. The Bertz CT molecular complexity index is 1310. The number of nitrogens with one attached hydrogen (secondary N) is 3. The van der Waals surface area contributed by atoms with Gasteiger partial charge in [-0.25, -0.2) is 4.98 Å². The Labute approximate surface area is 217 Å². The van der Waals surface area contributed by atoms with Crippen LogP contribution in [0.3, 0.4) is 0 Å². The SMILES string of the molecule is N#Cc1ccc2c(c1)CC(CC(=O)CC1CCC(Nc3nccc(Nc4cc(C5CC5)[nH]n4)n3)CC1)C2. The molecule has 3 aliphatic rings. The summed E-state index contributed by atoms with van der Waals surface area (Å²) in [5, 5.41) is 23.3. The summed E-state index contributed by atoms with van der Waals surface area (Å²) in [4.78, 5) is 21.9. The number of ketones is 1. The molecule has 0 spiro atoms. The number of anilines is 3. The molecule has 3 aliphatic carbocycles. The second-order valence-electron chi connectivity index (χ2n) is 11.1. The van der Waals surface area contributed by atoms with Crippen LogP contribution < -0.4 is 10.6 Å². The number of aromatic nitrogens is 4. The van der Waals surface area contributed by atoms with Gasteiger partial charge in [-0.1, -0.05) is 6.07 Å². The van der Waals surface area contributed by atoms with Gasteiger partial charge in [0, 0.05) is 42.8 Å². The van der Waals surface area contributed by atoms with Crippen LogP contribution >= 0.6 is 0 Å². The molecule has 8 heteroatoms. The van der Waals surface area contributed by atoms with Crippen LogP contribution in [0.25, 0.3) is 0 Å². The first-order valence-electron chi connectivity index (χ1n) is 13.6. The van der Waals surface area contributed by atoms with Crippen LogP contribution in [0, 0.1) is 23.2 Å². The highest BCUT2D eigenvalue weighted by molar-refractivity contribution is 5.79. The van der Waals surface area contributed by atoms with Crippen LogP contribution in [0.2, 0.25) is 0 Å². The maximum Gasteiger partial charge on any atom is 0.224 e. The lowest BCUT2D eigenvalue weighted by Crippen LogP contribution is -2.28.